The molecule has 0 amide bonds. The first kappa shape index (κ1) is 28.8. The molecule has 0 saturated heterocycles. The molecule has 1 aromatic heterocycles. The third kappa shape index (κ3) is 6.18. The number of carboxylic acids is 1. The number of benzene rings is 3. The second-order valence-electron chi connectivity index (χ2n) is 9.62. The Hall–Kier alpha value is -3.21. The lowest BCUT2D eigenvalue weighted by atomic mass is 9.95. The predicted molar refractivity (Wildman–Crippen MR) is 159 cm³/mol. The number of ether oxygens (including phenoxy) is 2. The number of hydrogen-bond donors (Lipinski definition) is 1. The third-order valence-electron chi connectivity index (χ3n) is 5.75. The highest BCUT2D eigenvalue weighted by atomic mass is 79.9. The Balaban J connectivity index is 1.72. The largest absolute Gasteiger partial charge is 0.493 e. The lowest BCUT2D eigenvalue weighted by Gasteiger charge is -2.21. The smallest absolute Gasteiger partial charge is 0.335 e. The first-order chi connectivity index (χ1) is 18.4. The van der Waals surface area contributed by atoms with E-state index >= 15 is 0 Å². The van der Waals surface area contributed by atoms with Crippen molar-refractivity contribution in [1.82, 2.24) is 9.66 Å². The molecule has 4 aromatic rings. The molecule has 1 N–H and O–H groups in total. The Morgan fingerprint density at radius 1 is 1.15 bits per heavy atom. The molecule has 39 heavy (non-hydrogen) atoms. The van der Waals surface area contributed by atoms with E-state index in [0.717, 1.165) is 10.0 Å². The number of methoxy groups -OCH3 is 1. The molecule has 0 atom stereocenters. The average molecular weight is 678 g/mol. The van der Waals surface area contributed by atoms with Crippen LogP contribution in [-0.4, -0.2) is 34.1 Å². The van der Waals surface area contributed by atoms with Crippen molar-refractivity contribution in [2.24, 2.45) is 5.10 Å². The van der Waals surface area contributed by atoms with E-state index < -0.39 is 11.4 Å². The van der Waals surface area contributed by atoms with Gasteiger partial charge in [-0.05, 0) is 57.9 Å². The van der Waals surface area contributed by atoms with Crippen LogP contribution in [0.4, 0.5) is 0 Å². The molecule has 202 valence electrons. The topological polar surface area (TPSA) is 103 Å². The van der Waals surface area contributed by atoms with Crippen LogP contribution in [0.3, 0.4) is 0 Å². The normalized spacial score (nSPS) is 11.8. The maximum atomic E-state index is 13.5. The van der Waals surface area contributed by atoms with E-state index in [4.69, 9.17) is 31.2 Å². The van der Waals surface area contributed by atoms with Gasteiger partial charge in [0.2, 0.25) is 0 Å². The van der Waals surface area contributed by atoms with Crippen LogP contribution in [0.1, 0.15) is 48.1 Å². The van der Waals surface area contributed by atoms with Crippen LogP contribution < -0.4 is 15.0 Å². The highest BCUT2D eigenvalue weighted by Crippen LogP contribution is 2.42. The van der Waals surface area contributed by atoms with Crippen LogP contribution in [0.2, 0.25) is 5.02 Å². The van der Waals surface area contributed by atoms with Crippen LogP contribution >= 0.6 is 43.5 Å². The lowest BCUT2D eigenvalue weighted by Crippen LogP contribution is -2.29. The number of halogens is 3. The van der Waals surface area contributed by atoms with Gasteiger partial charge in [0.1, 0.15) is 17.5 Å². The van der Waals surface area contributed by atoms with Crippen LogP contribution in [0.25, 0.3) is 10.9 Å². The van der Waals surface area contributed by atoms with E-state index in [1.165, 1.54) is 30.1 Å². The molecule has 3 aromatic carbocycles. The van der Waals surface area contributed by atoms with E-state index in [9.17, 15) is 9.59 Å². The fraction of sp³-hybridized carbons (Fsp3) is 0.214. The molecule has 0 aliphatic carbocycles. The monoisotopic (exact) mass is 675 g/mol. The summed E-state index contributed by atoms with van der Waals surface area (Å²) in [6.45, 7) is 6.02. The Morgan fingerprint density at radius 3 is 2.46 bits per heavy atom. The molecule has 0 unspecified atom stereocenters. The molecule has 0 fully saturated rings. The van der Waals surface area contributed by atoms with Crippen molar-refractivity contribution in [3.05, 3.63) is 95.4 Å². The van der Waals surface area contributed by atoms with Gasteiger partial charge in [-0.2, -0.15) is 9.78 Å². The van der Waals surface area contributed by atoms with Crippen molar-refractivity contribution < 1.29 is 19.4 Å². The fourth-order valence-electron chi connectivity index (χ4n) is 3.75. The second kappa shape index (κ2) is 11.5. The van der Waals surface area contributed by atoms with Crippen molar-refractivity contribution in [3.63, 3.8) is 0 Å². The summed E-state index contributed by atoms with van der Waals surface area (Å²) in [4.78, 5) is 29.3. The molecule has 0 spiro atoms. The first-order valence-electron chi connectivity index (χ1n) is 11.7. The number of fused-ring (bicyclic) bond motifs is 1. The Bertz CT molecular complexity index is 1660. The average Bonchev–Trinajstić information content (AvgIpc) is 2.89. The molecule has 0 saturated carbocycles. The quantitative estimate of drug-likeness (QED) is 0.211. The maximum absolute atomic E-state index is 13.5. The van der Waals surface area contributed by atoms with Crippen LogP contribution in [-0.2, 0) is 12.0 Å². The maximum Gasteiger partial charge on any atom is 0.335 e. The predicted octanol–water partition coefficient (Wildman–Crippen LogP) is 7.04. The molecule has 0 aliphatic heterocycles. The third-order valence-corrected chi connectivity index (χ3v) is 7.69. The highest BCUT2D eigenvalue weighted by Gasteiger charge is 2.23. The minimum absolute atomic E-state index is 0.137. The number of rotatable bonds is 7. The molecule has 1 heterocycles. The van der Waals surface area contributed by atoms with E-state index in [1.807, 2.05) is 26.8 Å². The fourth-order valence-corrected chi connectivity index (χ4v) is 4.76. The zero-order chi connectivity index (χ0) is 28.5. The molecular formula is C28H24Br2ClN3O5. The number of carbonyl (C=O) groups is 1. The highest BCUT2D eigenvalue weighted by molar-refractivity contribution is 9.10. The van der Waals surface area contributed by atoms with Gasteiger partial charge < -0.3 is 14.6 Å². The van der Waals surface area contributed by atoms with Gasteiger partial charge in [-0.1, -0.05) is 60.4 Å². The number of aromatic nitrogens is 2. The van der Waals surface area contributed by atoms with Crippen molar-refractivity contribution >= 4 is 66.5 Å². The van der Waals surface area contributed by atoms with Gasteiger partial charge >= 0.3 is 5.97 Å². The summed E-state index contributed by atoms with van der Waals surface area (Å²) >= 11 is 13.6. The van der Waals surface area contributed by atoms with Crippen molar-refractivity contribution in [2.75, 3.05) is 7.11 Å². The van der Waals surface area contributed by atoms with E-state index in [0.29, 0.717) is 38.3 Å². The summed E-state index contributed by atoms with van der Waals surface area (Å²) in [7, 11) is 1.49. The molecule has 4 rings (SSSR count). The molecule has 0 aliphatic rings. The van der Waals surface area contributed by atoms with Gasteiger partial charge in [0.25, 0.3) is 5.56 Å². The number of nitrogens with zero attached hydrogens (tertiary/aromatic N) is 3. The van der Waals surface area contributed by atoms with Crippen LogP contribution in [0, 0.1) is 0 Å². The summed E-state index contributed by atoms with van der Waals surface area (Å²) in [5.74, 6) is 0.158. The van der Waals surface area contributed by atoms with Crippen LogP contribution in [0.15, 0.2) is 67.4 Å². The van der Waals surface area contributed by atoms with Gasteiger partial charge in [-0.25, -0.2) is 9.78 Å². The van der Waals surface area contributed by atoms with Gasteiger partial charge in [0, 0.05) is 19.9 Å². The summed E-state index contributed by atoms with van der Waals surface area (Å²) in [5.41, 5.74) is 1.31. The Kier molecular flexibility index (Phi) is 8.48. The van der Waals surface area contributed by atoms with Crippen molar-refractivity contribution in [2.45, 2.75) is 32.8 Å². The molecule has 11 heteroatoms. The van der Waals surface area contributed by atoms with Crippen molar-refractivity contribution in [1.29, 1.82) is 0 Å². The van der Waals surface area contributed by atoms with E-state index in [-0.39, 0.29) is 22.8 Å². The number of carboxylic acid groups (broad SMARTS) is 1. The molecular weight excluding hydrogens is 654 g/mol. The van der Waals surface area contributed by atoms with Gasteiger partial charge in [0.15, 0.2) is 11.5 Å². The Morgan fingerprint density at radius 2 is 1.85 bits per heavy atom. The van der Waals surface area contributed by atoms with Gasteiger partial charge in [-0.3, -0.25) is 4.79 Å². The SMILES string of the molecule is COc1cc(C=Nn2c(C(C)(C)C)nc3ccc(Br)cc3c2=O)c(Br)c(Cl)c1OCc1ccc(C(=O)O)cc1. The van der Waals surface area contributed by atoms with Crippen LogP contribution in [0.5, 0.6) is 11.5 Å². The zero-order valence-corrected chi connectivity index (χ0v) is 25.4. The standard InChI is InChI=1S/C28H24Br2ClN3O5/c1-28(2,3)27-33-20-10-9-18(29)12-19(20)25(35)34(27)32-13-17-11-21(38-4)24(23(31)22(17)30)39-14-15-5-7-16(8-6-15)26(36)37/h5-13H,14H2,1-4H3,(H,36,37). The molecule has 0 bridgehead atoms. The van der Waals surface area contributed by atoms with Crippen molar-refractivity contribution in [3.8, 4) is 11.5 Å². The first-order valence-corrected chi connectivity index (χ1v) is 13.6. The summed E-state index contributed by atoms with van der Waals surface area (Å²) < 4.78 is 14.0. The summed E-state index contributed by atoms with van der Waals surface area (Å²) in [5, 5.41) is 14.3. The summed E-state index contributed by atoms with van der Waals surface area (Å²) in [6.07, 6.45) is 1.51. The summed E-state index contributed by atoms with van der Waals surface area (Å²) in [6, 6.07) is 13.4. The van der Waals surface area contributed by atoms with Gasteiger partial charge in [0.05, 0.1) is 29.8 Å². The minimum Gasteiger partial charge on any atom is -0.493 e. The molecule has 0 radical (unpaired) electrons. The van der Waals surface area contributed by atoms with E-state index in [1.54, 1.807) is 30.3 Å². The molecule has 8 nitrogen and oxygen atoms in total. The second-order valence-corrected chi connectivity index (χ2v) is 11.7. The van der Waals surface area contributed by atoms with Gasteiger partial charge in [-0.15, -0.1) is 0 Å². The Labute approximate surface area is 246 Å². The lowest BCUT2D eigenvalue weighted by molar-refractivity contribution is 0.0697. The minimum atomic E-state index is -1.00. The number of aromatic carboxylic acids is 1. The van der Waals surface area contributed by atoms with E-state index in [2.05, 4.69) is 37.0 Å². The zero-order valence-electron chi connectivity index (χ0n) is 21.5. The number of hydrogen-bond acceptors (Lipinski definition) is 6.